The van der Waals surface area contributed by atoms with Crippen molar-refractivity contribution < 1.29 is 24.9 Å². The summed E-state index contributed by atoms with van der Waals surface area (Å²) in [6, 6.07) is 0. The van der Waals surface area contributed by atoms with Crippen molar-refractivity contribution in [3.8, 4) is 0 Å². The molecule has 1 fully saturated rings. The number of aliphatic hydroxyl groups is 3. The molecule has 1 aliphatic heterocycles. The molecule has 3 rings (SSSR count). The van der Waals surface area contributed by atoms with Gasteiger partial charge in [0.15, 0.2) is 5.52 Å². The maximum absolute atomic E-state index is 11.6. The summed E-state index contributed by atoms with van der Waals surface area (Å²) in [6.45, 7) is -0.479. The van der Waals surface area contributed by atoms with E-state index in [-0.39, 0.29) is 17.1 Å². The molecule has 0 amide bonds. The quantitative estimate of drug-likeness (QED) is 0.387. The van der Waals surface area contributed by atoms with E-state index >= 15 is 0 Å². The number of nitrogen functional groups attached to an aromatic ring is 1. The zero-order valence-electron chi connectivity index (χ0n) is 10.6. The lowest BCUT2D eigenvalue weighted by molar-refractivity contribution is -0.169. The molecule has 0 saturated carbocycles. The van der Waals surface area contributed by atoms with Crippen molar-refractivity contribution in [2.75, 3.05) is 12.3 Å². The average molecular weight is 299 g/mol. The number of aliphatic hydroxyl groups excluding tert-OH is 3. The lowest BCUT2D eigenvalue weighted by Crippen LogP contribution is -2.38. The van der Waals surface area contributed by atoms with Crippen LogP contribution in [0.25, 0.3) is 11.2 Å². The van der Waals surface area contributed by atoms with Crippen LogP contribution >= 0.6 is 0 Å². The van der Waals surface area contributed by atoms with Crippen molar-refractivity contribution in [3.05, 3.63) is 16.7 Å². The molecule has 11 nitrogen and oxygen atoms in total. The fourth-order valence-electron chi connectivity index (χ4n) is 2.05. The molecule has 0 aliphatic carbocycles. The Morgan fingerprint density at radius 2 is 2.24 bits per heavy atom. The molecule has 4 atom stereocenters. The van der Waals surface area contributed by atoms with Gasteiger partial charge in [-0.3, -0.25) is 9.78 Å². The summed E-state index contributed by atoms with van der Waals surface area (Å²) in [6.07, 6.45) is -3.74. The predicted octanol–water partition coefficient (Wildman–Crippen LogP) is -3.43. The molecule has 114 valence electrons. The van der Waals surface area contributed by atoms with Crippen molar-refractivity contribution in [1.29, 1.82) is 0 Å². The van der Waals surface area contributed by atoms with Gasteiger partial charge in [0.2, 0.25) is 11.6 Å². The van der Waals surface area contributed by atoms with E-state index in [0.29, 0.717) is 0 Å². The minimum Gasteiger partial charge on any atom is -0.394 e. The van der Waals surface area contributed by atoms with Crippen molar-refractivity contribution in [1.82, 2.24) is 19.7 Å². The first-order valence-corrected chi connectivity index (χ1v) is 6.03. The highest BCUT2D eigenvalue weighted by molar-refractivity contribution is 5.69. The van der Waals surface area contributed by atoms with Gasteiger partial charge >= 0.3 is 0 Å². The number of aromatic amines is 1. The first-order chi connectivity index (χ1) is 10.0. The van der Waals surface area contributed by atoms with Gasteiger partial charge in [0.1, 0.15) is 24.6 Å². The van der Waals surface area contributed by atoms with Crippen LogP contribution in [0, 0.1) is 0 Å². The van der Waals surface area contributed by atoms with E-state index in [0.717, 1.165) is 11.1 Å². The highest BCUT2D eigenvalue weighted by atomic mass is 16.8. The summed E-state index contributed by atoms with van der Waals surface area (Å²) in [5.41, 5.74) is 4.93. The Labute approximate surface area is 116 Å². The first kappa shape index (κ1) is 13.8. The molecule has 0 bridgehead atoms. The minimum absolute atomic E-state index is 0.00376. The number of nitrogens with one attached hydrogen (secondary N) is 1. The number of anilines is 1. The first-order valence-electron chi connectivity index (χ1n) is 6.03. The molecule has 1 aliphatic rings. The van der Waals surface area contributed by atoms with Crippen molar-refractivity contribution >= 4 is 17.1 Å². The van der Waals surface area contributed by atoms with Gasteiger partial charge in [-0.25, -0.2) is 4.98 Å². The van der Waals surface area contributed by atoms with Crippen LogP contribution in [0.3, 0.4) is 0 Å². The van der Waals surface area contributed by atoms with Crippen LogP contribution in [0.15, 0.2) is 11.1 Å². The van der Waals surface area contributed by atoms with Gasteiger partial charge < -0.3 is 30.6 Å². The van der Waals surface area contributed by atoms with E-state index in [9.17, 15) is 15.0 Å². The predicted molar refractivity (Wildman–Crippen MR) is 66.9 cm³/mol. The third-order valence-electron chi connectivity index (χ3n) is 3.11. The number of H-pyrrole nitrogens is 1. The lowest BCUT2D eigenvalue weighted by atomic mass is 10.1. The monoisotopic (exact) mass is 299 g/mol. The topological polar surface area (TPSA) is 169 Å². The third-order valence-corrected chi connectivity index (χ3v) is 3.11. The van der Waals surface area contributed by atoms with Gasteiger partial charge in [0.05, 0.1) is 6.61 Å². The van der Waals surface area contributed by atoms with Crippen molar-refractivity contribution in [3.63, 3.8) is 0 Å². The van der Waals surface area contributed by atoms with Crippen LogP contribution in [0.4, 0.5) is 5.95 Å². The molecule has 2 aromatic heterocycles. The number of hydrogen-bond acceptors (Lipinski definition) is 9. The van der Waals surface area contributed by atoms with Gasteiger partial charge in [0, 0.05) is 0 Å². The fourth-order valence-corrected chi connectivity index (χ4v) is 2.05. The van der Waals surface area contributed by atoms with E-state index in [1.165, 1.54) is 0 Å². The molecule has 11 heteroatoms. The Balaban J connectivity index is 1.91. The fraction of sp³-hybridized carbons (Fsp3) is 0.500. The zero-order valence-corrected chi connectivity index (χ0v) is 10.6. The molecule has 0 aromatic carbocycles. The second kappa shape index (κ2) is 4.96. The molecular weight excluding hydrogens is 286 g/mol. The zero-order chi connectivity index (χ0) is 15.1. The molecule has 1 saturated heterocycles. The van der Waals surface area contributed by atoms with Gasteiger partial charge in [-0.15, -0.1) is 4.73 Å². The minimum atomic E-state index is -1.38. The third kappa shape index (κ3) is 2.21. The van der Waals surface area contributed by atoms with Gasteiger partial charge in [-0.2, -0.15) is 4.98 Å². The largest absolute Gasteiger partial charge is 0.394 e. The summed E-state index contributed by atoms with van der Waals surface area (Å²) >= 11 is 0. The second-order valence-electron chi connectivity index (χ2n) is 4.51. The average Bonchev–Trinajstić information content (AvgIpc) is 2.96. The maximum atomic E-state index is 11.6. The van der Waals surface area contributed by atoms with Crippen LogP contribution in [0.5, 0.6) is 0 Å². The highest BCUT2D eigenvalue weighted by Crippen LogP contribution is 2.21. The number of rotatable bonds is 3. The van der Waals surface area contributed by atoms with Crippen LogP contribution in [-0.4, -0.2) is 66.2 Å². The molecule has 2 aromatic rings. The lowest BCUT2D eigenvalue weighted by Gasteiger charge is -2.16. The summed E-state index contributed by atoms with van der Waals surface area (Å²) in [5.74, 6) is -0.126. The van der Waals surface area contributed by atoms with Crippen LogP contribution in [0.1, 0.15) is 0 Å². The highest BCUT2D eigenvalue weighted by Gasteiger charge is 2.44. The van der Waals surface area contributed by atoms with E-state index in [1.807, 2.05) is 0 Å². The number of nitrogens with two attached hydrogens (primary N) is 1. The molecule has 0 spiro atoms. The SMILES string of the molecule is Nc1nc2c(ncn2O[C@@H]2O[C@H](CO)[C@@H](O)[C@@H]2O)c(=O)[nH]1. The summed E-state index contributed by atoms with van der Waals surface area (Å²) < 4.78 is 6.15. The number of fused-ring (bicyclic) bond motifs is 1. The Hall–Kier alpha value is -2.21. The van der Waals surface area contributed by atoms with Crippen LogP contribution < -0.4 is 16.1 Å². The number of aromatic nitrogens is 4. The van der Waals surface area contributed by atoms with E-state index < -0.39 is 36.8 Å². The smallest absolute Gasteiger partial charge is 0.280 e. The molecule has 0 radical (unpaired) electrons. The van der Waals surface area contributed by atoms with Crippen molar-refractivity contribution in [2.24, 2.45) is 0 Å². The number of ether oxygens (including phenoxy) is 1. The second-order valence-corrected chi connectivity index (χ2v) is 4.51. The standard InChI is InChI=1S/C10H13N5O6/c11-10-13-7-4(8(19)14-10)12-2-15(7)21-9-6(18)5(17)3(1-16)20-9/h2-3,5-6,9,16-18H,1H2,(H3,11,13,14,19)/t3-,5-,6+,9+/m1/s1. The van der Waals surface area contributed by atoms with Crippen molar-refractivity contribution in [2.45, 2.75) is 24.6 Å². The molecule has 3 heterocycles. The Morgan fingerprint density at radius 3 is 2.90 bits per heavy atom. The molecule has 21 heavy (non-hydrogen) atoms. The van der Waals surface area contributed by atoms with Gasteiger partial charge in [0.25, 0.3) is 11.8 Å². The van der Waals surface area contributed by atoms with Gasteiger partial charge in [-0.1, -0.05) is 0 Å². The number of nitrogens with zero attached hydrogens (tertiary/aromatic N) is 3. The Kier molecular flexibility index (Phi) is 3.25. The van der Waals surface area contributed by atoms with Gasteiger partial charge in [-0.05, 0) is 0 Å². The molecule has 0 unspecified atom stereocenters. The van der Waals surface area contributed by atoms with E-state index in [1.54, 1.807) is 0 Å². The summed E-state index contributed by atoms with van der Waals surface area (Å²) in [4.78, 5) is 26.9. The van der Waals surface area contributed by atoms with Crippen LogP contribution in [0.2, 0.25) is 0 Å². The van der Waals surface area contributed by atoms with E-state index in [4.69, 9.17) is 20.4 Å². The summed E-state index contributed by atoms with van der Waals surface area (Å²) in [5, 5.41) is 28.4. The Bertz CT molecular complexity index is 714. The van der Waals surface area contributed by atoms with E-state index in [2.05, 4.69) is 15.0 Å². The number of hydrogen-bond donors (Lipinski definition) is 5. The summed E-state index contributed by atoms with van der Waals surface area (Å²) in [7, 11) is 0. The molecule has 6 N–H and O–H groups in total. The normalized spacial score (nSPS) is 29.1. The Morgan fingerprint density at radius 1 is 1.48 bits per heavy atom. The van der Waals surface area contributed by atoms with Crippen LogP contribution in [-0.2, 0) is 4.74 Å². The number of imidazole rings is 1. The molecular formula is C10H13N5O6. The maximum Gasteiger partial charge on any atom is 0.280 e.